The quantitative estimate of drug-likeness (QED) is 0.211. The van der Waals surface area contributed by atoms with Crippen molar-refractivity contribution in [2.24, 2.45) is 0 Å². The molecule has 0 saturated carbocycles. The second-order valence-corrected chi connectivity index (χ2v) is 14.1. The van der Waals surface area contributed by atoms with Crippen LogP contribution in [0.1, 0.15) is 61.8 Å². The van der Waals surface area contributed by atoms with Gasteiger partial charge in [-0.2, -0.15) is 0 Å². The Bertz CT molecular complexity index is 648. The SMILES string of the molecule is CC(C)c1ccc(C(Br)(Br)Br)c(Br)c1.Cc1ccc(C(C)C)cc1.[Ru].[Ru]. The number of alkyl halides is 3. The van der Waals surface area contributed by atoms with E-state index in [0.717, 1.165) is 10.0 Å². The van der Waals surface area contributed by atoms with Gasteiger partial charge in [-0.25, -0.2) is 0 Å². The minimum Gasteiger partial charge on any atom is -0.0590 e. The van der Waals surface area contributed by atoms with Gasteiger partial charge >= 0.3 is 0 Å². The summed E-state index contributed by atoms with van der Waals surface area (Å²) in [7, 11) is 0. The molecule has 0 saturated heterocycles. The molecule has 0 aliphatic carbocycles. The first kappa shape index (κ1) is 29.8. The third-order valence-corrected chi connectivity index (χ3v) is 5.65. The van der Waals surface area contributed by atoms with Crippen LogP contribution in [-0.2, 0) is 41.1 Å². The van der Waals surface area contributed by atoms with Crippen molar-refractivity contribution in [2.45, 2.75) is 48.6 Å². The number of halogens is 4. The smallest absolute Gasteiger partial charge is 0.0590 e. The van der Waals surface area contributed by atoms with Crippen molar-refractivity contribution >= 4 is 63.7 Å². The van der Waals surface area contributed by atoms with Crippen LogP contribution in [0.2, 0.25) is 0 Å². The summed E-state index contributed by atoms with van der Waals surface area (Å²) in [5.74, 6) is 1.20. The maximum atomic E-state index is 3.56. The average molecular weight is 786 g/mol. The number of hydrogen-bond acceptors (Lipinski definition) is 0. The largest absolute Gasteiger partial charge is 0.160 e. The van der Waals surface area contributed by atoms with Crippen molar-refractivity contribution in [2.75, 3.05) is 0 Å². The topological polar surface area (TPSA) is 0 Å². The Hall–Kier alpha value is 1.61. The van der Waals surface area contributed by atoms with Crippen LogP contribution in [0.5, 0.6) is 0 Å². The molecule has 6 heteroatoms. The van der Waals surface area contributed by atoms with Crippen LogP contribution in [0.3, 0.4) is 0 Å². The molecule has 0 nitrogen and oxygen atoms in total. The Morgan fingerprint density at radius 2 is 1.15 bits per heavy atom. The van der Waals surface area contributed by atoms with Crippen LogP contribution >= 0.6 is 63.7 Å². The molecule has 2 aromatic rings. The fraction of sp³-hybridized carbons (Fsp3) is 0.400. The minimum absolute atomic E-state index is 0. The van der Waals surface area contributed by atoms with E-state index in [0.29, 0.717) is 11.8 Å². The maximum absolute atomic E-state index is 3.56. The molecule has 2 aromatic carbocycles. The molecule has 0 heterocycles. The molecule has 0 aliphatic heterocycles. The monoisotopic (exact) mass is 784 g/mol. The van der Waals surface area contributed by atoms with Gasteiger partial charge < -0.3 is 0 Å². The molecule has 148 valence electrons. The summed E-state index contributed by atoms with van der Waals surface area (Å²) in [6.45, 7) is 10.9. The van der Waals surface area contributed by atoms with Gasteiger partial charge in [0.2, 0.25) is 0 Å². The van der Waals surface area contributed by atoms with Crippen molar-refractivity contribution in [1.29, 1.82) is 0 Å². The summed E-state index contributed by atoms with van der Waals surface area (Å²) < 4.78 is 0.746. The Morgan fingerprint density at radius 3 is 1.50 bits per heavy atom. The average Bonchev–Trinajstić information content (AvgIpc) is 2.46. The number of aryl methyl sites for hydroxylation is 1. The first-order chi connectivity index (χ1) is 11.0. The van der Waals surface area contributed by atoms with Crippen molar-refractivity contribution in [3.63, 3.8) is 0 Å². The Balaban J connectivity index is 0. The van der Waals surface area contributed by atoms with Crippen molar-refractivity contribution < 1.29 is 39.0 Å². The zero-order valence-electron chi connectivity index (χ0n) is 15.4. The van der Waals surface area contributed by atoms with E-state index in [1.165, 1.54) is 16.7 Å². The molecule has 0 unspecified atom stereocenters. The molecule has 26 heavy (non-hydrogen) atoms. The fourth-order valence-corrected chi connectivity index (χ4v) is 4.60. The van der Waals surface area contributed by atoms with E-state index >= 15 is 0 Å². The van der Waals surface area contributed by atoms with Crippen LogP contribution in [0.25, 0.3) is 0 Å². The van der Waals surface area contributed by atoms with E-state index in [1.54, 1.807) is 0 Å². The molecule has 2 rings (SSSR count). The van der Waals surface area contributed by atoms with Gasteiger partial charge in [-0.05, 0) is 36.0 Å². The first-order valence-electron chi connectivity index (χ1n) is 7.95. The summed E-state index contributed by atoms with van der Waals surface area (Å²) in [5, 5.41) is 0. The Labute approximate surface area is 218 Å². The molecule has 0 atom stereocenters. The van der Waals surface area contributed by atoms with E-state index in [9.17, 15) is 0 Å². The predicted octanol–water partition coefficient (Wildman–Crippen LogP) is 8.98. The van der Waals surface area contributed by atoms with E-state index < -0.39 is 0 Å². The van der Waals surface area contributed by atoms with Crippen molar-refractivity contribution in [3.8, 4) is 0 Å². The van der Waals surface area contributed by atoms with E-state index in [1.807, 2.05) is 0 Å². The molecule has 0 spiro atoms. The van der Waals surface area contributed by atoms with Crippen LogP contribution in [0.15, 0.2) is 46.9 Å². The fourth-order valence-electron chi connectivity index (χ4n) is 2.07. The molecule has 0 amide bonds. The van der Waals surface area contributed by atoms with Crippen LogP contribution in [-0.4, -0.2) is 0 Å². The van der Waals surface area contributed by atoms with Crippen LogP contribution in [0.4, 0.5) is 0 Å². The summed E-state index contributed by atoms with van der Waals surface area (Å²) in [6, 6.07) is 15.1. The molecule has 0 radical (unpaired) electrons. The van der Waals surface area contributed by atoms with Gasteiger partial charge in [0.05, 0.1) is 0 Å². The molecular weight excluding hydrogens is 762 g/mol. The summed E-state index contributed by atoms with van der Waals surface area (Å²) in [5.41, 5.74) is 5.22. The molecule has 0 fully saturated rings. The maximum Gasteiger partial charge on any atom is 0.160 e. The number of hydrogen-bond donors (Lipinski definition) is 0. The zero-order chi connectivity index (χ0) is 18.5. The summed E-state index contributed by atoms with van der Waals surface area (Å²) in [4.78, 5) is 0. The number of rotatable bonds is 2. The van der Waals surface area contributed by atoms with Gasteiger partial charge in [0.25, 0.3) is 0 Å². The predicted molar refractivity (Wildman–Crippen MR) is 122 cm³/mol. The van der Waals surface area contributed by atoms with Crippen molar-refractivity contribution in [3.05, 3.63) is 69.2 Å². The van der Waals surface area contributed by atoms with Crippen LogP contribution < -0.4 is 0 Å². The van der Waals surface area contributed by atoms with E-state index in [-0.39, 0.29) is 41.1 Å². The van der Waals surface area contributed by atoms with Gasteiger partial charge in [-0.15, -0.1) is 0 Å². The second-order valence-electron chi connectivity index (χ2n) is 6.46. The normalized spacial score (nSPS) is 10.6. The molecule has 0 N–H and O–H groups in total. The Morgan fingerprint density at radius 1 is 0.731 bits per heavy atom. The van der Waals surface area contributed by atoms with Gasteiger partial charge in [-0.1, -0.05) is 133 Å². The molecule has 0 aromatic heterocycles. The van der Waals surface area contributed by atoms with Gasteiger partial charge in [-0.3, -0.25) is 0 Å². The third kappa shape index (κ3) is 10.4. The van der Waals surface area contributed by atoms with Gasteiger partial charge in [0.15, 0.2) is 2.14 Å². The van der Waals surface area contributed by atoms with E-state index in [4.69, 9.17) is 0 Å². The minimum atomic E-state index is -0.346. The molecular formula is C20H24Br4Ru2. The van der Waals surface area contributed by atoms with Gasteiger partial charge in [0.1, 0.15) is 0 Å². The van der Waals surface area contributed by atoms with Crippen LogP contribution in [0, 0.1) is 6.92 Å². The molecule has 0 aliphatic rings. The third-order valence-electron chi connectivity index (χ3n) is 3.71. The zero-order valence-corrected chi connectivity index (χ0v) is 25.2. The summed E-state index contributed by atoms with van der Waals surface area (Å²) >= 11 is 14.1. The second kappa shape index (κ2) is 13.8. The van der Waals surface area contributed by atoms with Gasteiger partial charge in [0, 0.05) is 49.0 Å². The standard InChI is InChI=1S/C10H10Br4.C10H14.2Ru/c1-6(2)7-3-4-8(9(11)5-7)10(12,13)14;1-8(2)10-6-4-9(3)5-7-10;;/h3-6H,1-2H3;4-8H,1-3H3;;. The first-order valence-corrected chi connectivity index (χ1v) is 11.1. The van der Waals surface area contributed by atoms with E-state index in [2.05, 4.69) is 141 Å². The number of benzene rings is 2. The Kier molecular flexibility index (Phi) is 15.8. The summed E-state index contributed by atoms with van der Waals surface area (Å²) in [6.07, 6.45) is 0. The molecule has 0 bridgehead atoms. The van der Waals surface area contributed by atoms with Crippen molar-refractivity contribution in [1.82, 2.24) is 0 Å².